The Bertz CT molecular complexity index is 573. The van der Waals surface area contributed by atoms with E-state index < -0.39 is 73.7 Å². The van der Waals surface area contributed by atoms with Crippen LogP contribution < -0.4 is 0 Å². The number of aliphatic hydroxyl groups excluding tert-OH is 1. The number of methoxy groups -OCH3 is 1. The van der Waals surface area contributed by atoms with Crippen molar-refractivity contribution in [2.45, 2.75) is 24.4 Å². The standard InChI is InChI=1S/C13H17BrO10/c1-21-13(20)8(18)9(22-5-2-15)10(23-6-3-16)11(12(14)19)24-7-4-17/h2-4,8-11,18H,5-7H2,1H3/t8-,9+,10-,11+/m0/s1/i2D,3D,4D. The van der Waals surface area contributed by atoms with Gasteiger partial charge in [0.15, 0.2) is 12.2 Å². The number of halogens is 1. The van der Waals surface area contributed by atoms with Gasteiger partial charge in [-0.1, -0.05) is 0 Å². The number of aliphatic hydroxyl groups is 1. The van der Waals surface area contributed by atoms with Gasteiger partial charge in [0.05, 0.1) is 7.11 Å². The average Bonchev–Trinajstić information content (AvgIpc) is 2.56. The molecule has 0 saturated carbocycles. The zero-order valence-electron chi connectivity index (χ0n) is 15.4. The van der Waals surface area contributed by atoms with Crippen molar-refractivity contribution in [1.82, 2.24) is 0 Å². The zero-order valence-corrected chi connectivity index (χ0v) is 14.0. The maximum absolute atomic E-state index is 11.8. The van der Waals surface area contributed by atoms with Gasteiger partial charge in [-0.25, -0.2) is 4.79 Å². The first kappa shape index (κ1) is 17.3. The Hall–Kier alpha value is -1.53. The predicted molar refractivity (Wildman–Crippen MR) is 79.4 cm³/mol. The number of carbonyl (C=O) groups excluding carboxylic acids is 5. The maximum atomic E-state index is 11.8. The molecule has 0 spiro atoms. The van der Waals surface area contributed by atoms with Gasteiger partial charge in [-0.15, -0.1) is 0 Å². The van der Waals surface area contributed by atoms with E-state index in [1.54, 1.807) is 0 Å². The monoisotopic (exact) mass is 415 g/mol. The highest BCUT2D eigenvalue weighted by atomic mass is 79.9. The van der Waals surface area contributed by atoms with Gasteiger partial charge in [0, 0.05) is 0 Å². The molecule has 0 unspecified atom stereocenters. The Labute approximate surface area is 149 Å². The fourth-order valence-electron chi connectivity index (χ4n) is 1.65. The van der Waals surface area contributed by atoms with E-state index in [-0.39, 0.29) is 0 Å². The van der Waals surface area contributed by atoms with Crippen LogP contribution >= 0.6 is 15.9 Å². The summed E-state index contributed by atoms with van der Waals surface area (Å²) in [5, 5.41) is 10.1. The average molecular weight is 416 g/mol. The van der Waals surface area contributed by atoms with Gasteiger partial charge in [0.2, 0.25) is 4.69 Å². The fourth-order valence-corrected chi connectivity index (χ4v) is 2.04. The molecule has 24 heavy (non-hydrogen) atoms. The molecule has 11 heteroatoms. The maximum Gasteiger partial charge on any atom is 0.337 e. The number of esters is 1. The van der Waals surface area contributed by atoms with E-state index in [1.165, 1.54) is 0 Å². The second-order valence-corrected chi connectivity index (χ2v) is 4.77. The second kappa shape index (κ2) is 12.8. The van der Waals surface area contributed by atoms with Crippen LogP contribution in [0.4, 0.5) is 0 Å². The van der Waals surface area contributed by atoms with Crippen molar-refractivity contribution in [2.75, 3.05) is 26.9 Å². The summed E-state index contributed by atoms with van der Waals surface area (Å²) >= 11 is 2.54. The Morgan fingerprint density at radius 3 is 1.92 bits per heavy atom. The number of ether oxygens (including phenoxy) is 4. The normalized spacial score (nSPS) is 17.4. The van der Waals surface area contributed by atoms with E-state index in [0.717, 1.165) is 7.11 Å². The van der Waals surface area contributed by atoms with Gasteiger partial charge in [0.25, 0.3) is 0 Å². The number of aldehydes is 3. The van der Waals surface area contributed by atoms with Gasteiger partial charge in [0.1, 0.15) is 54.9 Å². The molecule has 10 nitrogen and oxygen atoms in total. The number of hydrogen-bond donors (Lipinski definition) is 1. The summed E-state index contributed by atoms with van der Waals surface area (Å²) in [4.78, 5) is 56.0. The van der Waals surface area contributed by atoms with Crippen LogP contribution in [0.15, 0.2) is 0 Å². The van der Waals surface area contributed by atoms with Crippen molar-refractivity contribution in [3.63, 3.8) is 0 Å². The summed E-state index contributed by atoms with van der Waals surface area (Å²) in [5.74, 6) is -1.26. The summed E-state index contributed by atoms with van der Waals surface area (Å²) in [6.45, 7) is -2.76. The minimum absolute atomic E-state index is 0.894. The molecule has 4 atom stereocenters. The van der Waals surface area contributed by atoms with E-state index in [9.17, 15) is 29.1 Å². The molecule has 0 rings (SSSR count). The lowest BCUT2D eigenvalue weighted by atomic mass is 10.0. The molecule has 0 aliphatic rings. The third-order valence-electron chi connectivity index (χ3n) is 2.59. The highest BCUT2D eigenvalue weighted by molar-refractivity contribution is 9.18. The molecular formula is C13H17BrO10. The minimum Gasteiger partial charge on any atom is -0.467 e. The van der Waals surface area contributed by atoms with Crippen molar-refractivity contribution < 1.29 is 52.1 Å². The first-order valence-corrected chi connectivity index (χ1v) is 7.08. The molecule has 136 valence electrons. The summed E-state index contributed by atoms with van der Waals surface area (Å²) in [6, 6.07) is 0. The van der Waals surface area contributed by atoms with Crippen LogP contribution in [0, 0.1) is 0 Å². The van der Waals surface area contributed by atoms with Crippen LogP contribution in [0.25, 0.3) is 0 Å². The van der Waals surface area contributed by atoms with E-state index in [0.29, 0.717) is 0 Å². The van der Waals surface area contributed by atoms with E-state index in [1.807, 2.05) is 0 Å². The molecule has 0 fully saturated rings. The van der Waals surface area contributed by atoms with Crippen molar-refractivity contribution in [2.24, 2.45) is 0 Å². The van der Waals surface area contributed by atoms with Crippen LogP contribution in [-0.4, -0.2) is 85.9 Å². The van der Waals surface area contributed by atoms with Crippen LogP contribution in [0.2, 0.25) is 0 Å². The first-order chi connectivity index (χ1) is 12.5. The number of rotatable bonds is 14. The van der Waals surface area contributed by atoms with Crippen molar-refractivity contribution in [1.29, 1.82) is 0 Å². The molecule has 0 radical (unpaired) electrons. The number of hydrogen-bond acceptors (Lipinski definition) is 10. The molecule has 0 aromatic carbocycles. The first-order valence-electron chi connectivity index (χ1n) is 7.79. The Morgan fingerprint density at radius 2 is 1.50 bits per heavy atom. The quantitative estimate of drug-likeness (QED) is 0.196. The lowest BCUT2D eigenvalue weighted by molar-refractivity contribution is -0.185. The topological polar surface area (TPSA) is 142 Å². The lowest BCUT2D eigenvalue weighted by Crippen LogP contribution is -2.53. The highest BCUT2D eigenvalue weighted by Crippen LogP contribution is 2.19. The molecule has 0 amide bonds. The fraction of sp³-hybridized carbons (Fsp3) is 0.615. The molecule has 0 bridgehead atoms. The highest BCUT2D eigenvalue weighted by Gasteiger charge is 2.42. The lowest BCUT2D eigenvalue weighted by Gasteiger charge is -2.32. The SMILES string of the molecule is [2H]C(=O)CO[C@@H]([C@H](OCC([2H])=O)[C@@H](OCC([2H])=O)C(=O)Br)[C@H](O)C(=O)OC. The summed E-state index contributed by atoms with van der Waals surface area (Å²) in [7, 11) is 0.920. The third-order valence-corrected chi connectivity index (χ3v) is 3.04. The molecule has 1 N–H and O–H groups in total. The van der Waals surface area contributed by atoms with Crippen molar-refractivity contribution in [3.05, 3.63) is 0 Å². The van der Waals surface area contributed by atoms with Gasteiger partial charge in [-0.05, 0) is 15.9 Å². The molecule has 0 aromatic rings. The van der Waals surface area contributed by atoms with Gasteiger partial charge in [-0.2, -0.15) is 0 Å². The van der Waals surface area contributed by atoms with Gasteiger partial charge >= 0.3 is 5.97 Å². The van der Waals surface area contributed by atoms with Crippen molar-refractivity contribution >= 4 is 45.4 Å². The zero-order chi connectivity index (χ0) is 21.1. The predicted octanol–water partition coefficient (Wildman–Crippen LogP) is -1.81. The summed E-state index contributed by atoms with van der Waals surface area (Å²) in [5.41, 5.74) is 0. The Balaban J connectivity index is 5.85. The van der Waals surface area contributed by atoms with E-state index >= 15 is 0 Å². The van der Waals surface area contributed by atoms with Crippen LogP contribution in [0.1, 0.15) is 4.11 Å². The van der Waals surface area contributed by atoms with Gasteiger partial charge in [-0.3, -0.25) is 4.79 Å². The van der Waals surface area contributed by atoms with Crippen LogP contribution in [-0.2, 0) is 42.9 Å². The molecule has 0 aliphatic carbocycles. The van der Waals surface area contributed by atoms with Gasteiger partial charge < -0.3 is 38.4 Å². The van der Waals surface area contributed by atoms with Crippen LogP contribution in [0.3, 0.4) is 0 Å². The second-order valence-electron chi connectivity index (χ2n) is 3.99. The van der Waals surface area contributed by atoms with E-state index in [4.69, 9.17) is 18.3 Å². The van der Waals surface area contributed by atoms with E-state index in [2.05, 4.69) is 20.7 Å². The van der Waals surface area contributed by atoms with Crippen LogP contribution in [0.5, 0.6) is 0 Å². The number of carbonyl (C=O) groups is 5. The smallest absolute Gasteiger partial charge is 0.337 e. The largest absolute Gasteiger partial charge is 0.467 e. The molecule has 0 aromatic heterocycles. The molecular weight excluding hydrogens is 396 g/mol. The molecule has 0 saturated heterocycles. The molecule has 0 heterocycles. The van der Waals surface area contributed by atoms with Crippen molar-refractivity contribution in [3.8, 4) is 0 Å². The Morgan fingerprint density at radius 1 is 1.04 bits per heavy atom. The minimum atomic E-state index is -2.15. The summed E-state index contributed by atoms with van der Waals surface area (Å²) < 4.78 is 38.7. The Kier molecular flexibility index (Phi) is 9.25. The summed E-state index contributed by atoms with van der Waals surface area (Å²) in [6.07, 6.45) is -11.3. The molecule has 0 aliphatic heterocycles. The third kappa shape index (κ3) is 7.36.